The van der Waals surface area contributed by atoms with Crippen LogP contribution in [-0.4, -0.2) is 44.6 Å². The minimum absolute atomic E-state index is 0.0543. The van der Waals surface area contributed by atoms with Crippen molar-refractivity contribution in [1.29, 1.82) is 0 Å². The van der Waals surface area contributed by atoms with Gasteiger partial charge in [-0.3, -0.25) is 13.8 Å². The molecule has 0 radical (unpaired) electrons. The van der Waals surface area contributed by atoms with Gasteiger partial charge in [0.05, 0.1) is 17.6 Å². The highest BCUT2D eigenvalue weighted by Gasteiger charge is 2.17. The van der Waals surface area contributed by atoms with Gasteiger partial charge in [-0.25, -0.2) is 4.79 Å². The summed E-state index contributed by atoms with van der Waals surface area (Å²) < 4.78 is 5.74. The SMILES string of the molecule is CCn1c(=O)n(CC)c2cc(-c3cn(CCNC4CCNC4)nc3-c3ccccc3)ccc21. The summed E-state index contributed by atoms with van der Waals surface area (Å²) in [6, 6.07) is 17.2. The van der Waals surface area contributed by atoms with Gasteiger partial charge < -0.3 is 10.6 Å². The van der Waals surface area contributed by atoms with E-state index < -0.39 is 0 Å². The van der Waals surface area contributed by atoms with E-state index in [0.717, 1.165) is 59.6 Å². The number of benzene rings is 2. The maximum atomic E-state index is 12.8. The van der Waals surface area contributed by atoms with Crippen LogP contribution in [0, 0.1) is 0 Å². The molecule has 172 valence electrons. The molecule has 1 saturated heterocycles. The topological polar surface area (TPSA) is 68.8 Å². The first-order chi connectivity index (χ1) is 16.2. The Morgan fingerprint density at radius 1 is 1.03 bits per heavy atom. The average Bonchev–Trinajstić information content (AvgIpc) is 3.57. The van der Waals surface area contributed by atoms with E-state index >= 15 is 0 Å². The van der Waals surface area contributed by atoms with Crippen molar-refractivity contribution < 1.29 is 0 Å². The van der Waals surface area contributed by atoms with Crippen LogP contribution in [0.1, 0.15) is 20.3 Å². The van der Waals surface area contributed by atoms with Crippen LogP contribution in [0.4, 0.5) is 0 Å². The van der Waals surface area contributed by atoms with E-state index in [4.69, 9.17) is 5.10 Å². The quantitative estimate of drug-likeness (QED) is 0.437. The zero-order chi connectivity index (χ0) is 22.8. The Morgan fingerprint density at radius 2 is 1.82 bits per heavy atom. The lowest BCUT2D eigenvalue weighted by Crippen LogP contribution is -2.33. The molecule has 0 amide bonds. The predicted molar refractivity (Wildman–Crippen MR) is 133 cm³/mol. The average molecular weight is 445 g/mol. The summed E-state index contributed by atoms with van der Waals surface area (Å²) >= 11 is 0. The molecule has 4 aromatic rings. The summed E-state index contributed by atoms with van der Waals surface area (Å²) in [4.78, 5) is 12.8. The monoisotopic (exact) mass is 444 g/mol. The maximum absolute atomic E-state index is 12.8. The number of aromatic nitrogens is 4. The largest absolute Gasteiger partial charge is 0.329 e. The van der Waals surface area contributed by atoms with Crippen LogP contribution in [0.5, 0.6) is 0 Å². The number of fused-ring (bicyclic) bond motifs is 1. The van der Waals surface area contributed by atoms with Gasteiger partial charge in [-0.2, -0.15) is 5.10 Å². The Bertz CT molecular complexity index is 1290. The van der Waals surface area contributed by atoms with Crippen LogP contribution >= 0.6 is 0 Å². The molecule has 1 fully saturated rings. The number of imidazole rings is 1. The van der Waals surface area contributed by atoms with Crippen LogP contribution in [-0.2, 0) is 19.6 Å². The number of hydrogen-bond donors (Lipinski definition) is 2. The summed E-state index contributed by atoms with van der Waals surface area (Å²) in [5, 5.41) is 12.0. The fraction of sp³-hybridized carbons (Fsp3) is 0.385. The molecule has 1 aliphatic rings. The first-order valence-corrected chi connectivity index (χ1v) is 12.0. The number of nitrogens with zero attached hydrogens (tertiary/aromatic N) is 4. The van der Waals surface area contributed by atoms with Gasteiger partial charge in [0.25, 0.3) is 0 Å². The van der Waals surface area contributed by atoms with E-state index in [2.05, 4.69) is 47.2 Å². The minimum Gasteiger partial charge on any atom is -0.315 e. The second kappa shape index (κ2) is 9.37. The Hall–Kier alpha value is -3.16. The van der Waals surface area contributed by atoms with Crippen molar-refractivity contribution >= 4 is 11.0 Å². The molecule has 0 saturated carbocycles. The molecule has 7 nitrogen and oxygen atoms in total. The molecule has 2 aromatic heterocycles. The molecule has 2 N–H and O–H groups in total. The molecule has 1 atom stereocenters. The van der Waals surface area contributed by atoms with Crippen molar-refractivity contribution in [3.63, 3.8) is 0 Å². The molecule has 1 unspecified atom stereocenters. The second-order valence-corrected chi connectivity index (χ2v) is 8.64. The van der Waals surface area contributed by atoms with Gasteiger partial charge in [-0.05, 0) is 44.5 Å². The molecule has 0 spiro atoms. The molecular weight excluding hydrogens is 412 g/mol. The highest BCUT2D eigenvalue weighted by molar-refractivity contribution is 5.87. The molecule has 5 rings (SSSR count). The van der Waals surface area contributed by atoms with Crippen molar-refractivity contribution in [2.45, 2.75) is 45.9 Å². The highest BCUT2D eigenvalue weighted by atomic mass is 16.1. The number of hydrogen-bond acceptors (Lipinski definition) is 4. The summed E-state index contributed by atoms with van der Waals surface area (Å²) in [5.74, 6) is 0. The summed E-state index contributed by atoms with van der Waals surface area (Å²) in [6.45, 7) is 9.18. The van der Waals surface area contributed by atoms with Crippen molar-refractivity contribution in [2.24, 2.45) is 0 Å². The minimum atomic E-state index is 0.0543. The van der Waals surface area contributed by atoms with Gasteiger partial charge in [-0.15, -0.1) is 0 Å². The lowest BCUT2D eigenvalue weighted by Gasteiger charge is -2.10. The number of rotatable bonds is 8. The third-order valence-corrected chi connectivity index (χ3v) is 6.61. The molecule has 0 aliphatic carbocycles. The smallest absolute Gasteiger partial charge is 0.315 e. The lowest BCUT2D eigenvalue weighted by atomic mass is 10.0. The molecule has 3 heterocycles. The normalized spacial score (nSPS) is 16.1. The van der Waals surface area contributed by atoms with Crippen molar-refractivity contribution in [3.05, 3.63) is 65.2 Å². The van der Waals surface area contributed by atoms with Crippen molar-refractivity contribution in [2.75, 3.05) is 19.6 Å². The van der Waals surface area contributed by atoms with E-state index in [9.17, 15) is 4.79 Å². The van der Waals surface area contributed by atoms with Crippen LogP contribution in [0.25, 0.3) is 33.4 Å². The van der Waals surface area contributed by atoms with Gasteiger partial charge in [0.15, 0.2) is 0 Å². The fourth-order valence-corrected chi connectivity index (χ4v) is 4.87. The van der Waals surface area contributed by atoms with E-state index in [0.29, 0.717) is 19.1 Å². The Balaban J connectivity index is 1.53. The Morgan fingerprint density at radius 3 is 2.55 bits per heavy atom. The standard InChI is InChI=1S/C26H32N6O/c1-3-31-23-11-10-20(16-24(23)32(4-2)26(31)33)22-18-30(15-14-28-21-12-13-27-17-21)29-25(22)19-8-6-5-7-9-19/h5-11,16,18,21,27-28H,3-4,12-15,17H2,1-2H3. The van der Waals surface area contributed by atoms with Gasteiger partial charge in [0.1, 0.15) is 5.69 Å². The highest BCUT2D eigenvalue weighted by Crippen LogP contribution is 2.32. The molecule has 33 heavy (non-hydrogen) atoms. The van der Waals surface area contributed by atoms with Gasteiger partial charge >= 0.3 is 5.69 Å². The molecular formula is C26H32N6O. The summed E-state index contributed by atoms with van der Waals surface area (Å²) in [6.07, 6.45) is 3.32. The number of nitrogens with one attached hydrogen (secondary N) is 2. The van der Waals surface area contributed by atoms with E-state index in [-0.39, 0.29) is 5.69 Å². The third-order valence-electron chi connectivity index (χ3n) is 6.61. The maximum Gasteiger partial charge on any atom is 0.329 e. The van der Waals surface area contributed by atoms with Crippen molar-refractivity contribution in [1.82, 2.24) is 29.5 Å². The molecule has 0 bridgehead atoms. The molecule has 1 aliphatic heterocycles. The summed E-state index contributed by atoms with van der Waals surface area (Å²) in [7, 11) is 0. The lowest BCUT2D eigenvalue weighted by molar-refractivity contribution is 0.495. The van der Waals surface area contributed by atoms with Gasteiger partial charge in [-0.1, -0.05) is 36.4 Å². The summed E-state index contributed by atoms with van der Waals surface area (Å²) in [5.41, 5.74) is 6.25. The zero-order valence-electron chi connectivity index (χ0n) is 19.4. The van der Waals surface area contributed by atoms with E-state index in [1.165, 1.54) is 6.42 Å². The number of aryl methyl sites for hydroxylation is 2. The van der Waals surface area contributed by atoms with Crippen LogP contribution < -0.4 is 16.3 Å². The van der Waals surface area contributed by atoms with E-state index in [1.807, 2.05) is 45.9 Å². The predicted octanol–water partition coefficient (Wildman–Crippen LogP) is 3.32. The molecule has 2 aromatic carbocycles. The third kappa shape index (κ3) is 4.14. The van der Waals surface area contributed by atoms with Crippen LogP contribution in [0.3, 0.4) is 0 Å². The Labute approximate surface area is 194 Å². The zero-order valence-corrected chi connectivity index (χ0v) is 19.4. The van der Waals surface area contributed by atoms with Gasteiger partial charge in [0, 0.05) is 49.5 Å². The van der Waals surface area contributed by atoms with Crippen molar-refractivity contribution in [3.8, 4) is 22.4 Å². The second-order valence-electron chi connectivity index (χ2n) is 8.64. The first-order valence-electron chi connectivity index (χ1n) is 12.0. The van der Waals surface area contributed by atoms with Crippen LogP contribution in [0.2, 0.25) is 0 Å². The fourth-order valence-electron chi connectivity index (χ4n) is 4.87. The Kier molecular flexibility index (Phi) is 6.15. The van der Waals surface area contributed by atoms with E-state index in [1.54, 1.807) is 0 Å². The first kappa shape index (κ1) is 21.7. The molecule has 7 heteroatoms. The van der Waals surface area contributed by atoms with Gasteiger partial charge in [0.2, 0.25) is 0 Å². The van der Waals surface area contributed by atoms with Crippen LogP contribution in [0.15, 0.2) is 59.5 Å².